The molecule has 3 aromatic rings. The lowest BCUT2D eigenvalue weighted by atomic mass is 10.1. The molecular weight excluding hydrogens is 500 g/mol. The van der Waals surface area contributed by atoms with Gasteiger partial charge in [-0.1, -0.05) is 23.4 Å². The van der Waals surface area contributed by atoms with Gasteiger partial charge in [0.1, 0.15) is 31.0 Å². The Hall–Kier alpha value is -3.49. The standard InChI is InChI=1S/C26H27ClN4O6/c1-32-8-3-4-17-12-19(27)23(25-24(17)36-16-37-25)30-26-18-13-21(33-2)22(14-20(18)28-15-29-26)35-11-7-31-5-9-34-10-6-31/h12-15H,5-11,16H2,1-2H3,(H,28,29,30). The van der Waals surface area contributed by atoms with Crippen molar-refractivity contribution in [3.63, 3.8) is 0 Å². The minimum atomic E-state index is 0.0623. The second-order valence-electron chi connectivity index (χ2n) is 8.25. The molecule has 1 saturated heterocycles. The number of ether oxygens (including phenoxy) is 6. The van der Waals surface area contributed by atoms with E-state index in [0.29, 0.717) is 63.8 Å². The number of benzene rings is 2. The normalized spacial score (nSPS) is 14.8. The summed E-state index contributed by atoms with van der Waals surface area (Å²) in [6.45, 7) is 4.99. The Morgan fingerprint density at radius 1 is 1.08 bits per heavy atom. The van der Waals surface area contributed by atoms with E-state index >= 15 is 0 Å². The number of halogens is 1. The van der Waals surface area contributed by atoms with Gasteiger partial charge in [-0.2, -0.15) is 0 Å². The maximum absolute atomic E-state index is 6.64. The van der Waals surface area contributed by atoms with Crippen LogP contribution >= 0.6 is 11.6 Å². The van der Waals surface area contributed by atoms with Gasteiger partial charge >= 0.3 is 0 Å². The van der Waals surface area contributed by atoms with Gasteiger partial charge in [-0.15, -0.1) is 0 Å². The highest BCUT2D eigenvalue weighted by atomic mass is 35.5. The molecule has 3 heterocycles. The quantitative estimate of drug-likeness (QED) is 0.439. The summed E-state index contributed by atoms with van der Waals surface area (Å²) in [5.41, 5.74) is 1.83. The van der Waals surface area contributed by atoms with Crippen LogP contribution < -0.4 is 24.3 Å². The van der Waals surface area contributed by atoms with E-state index in [4.69, 9.17) is 40.0 Å². The number of anilines is 2. The molecule has 0 radical (unpaired) electrons. The molecule has 5 rings (SSSR count). The molecule has 2 aliphatic rings. The summed E-state index contributed by atoms with van der Waals surface area (Å²) in [6.07, 6.45) is 1.48. The SMILES string of the molecule is COCC#Cc1cc(Cl)c(Nc2ncnc3cc(OCCN4CCOCC4)c(OC)cc23)c2c1OCO2. The minimum Gasteiger partial charge on any atom is -0.493 e. The van der Waals surface area contributed by atoms with E-state index in [9.17, 15) is 0 Å². The Labute approximate surface area is 219 Å². The largest absolute Gasteiger partial charge is 0.493 e. The van der Waals surface area contributed by atoms with Crippen LogP contribution in [0.3, 0.4) is 0 Å². The zero-order valence-corrected chi connectivity index (χ0v) is 21.4. The summed E-state index contributed by atoms with van der Waals surface area (Å²) in [4.78, 5) is 11.2. The summed E-state index contributed by atoms with van der Waals surface area (Å²) < 4.78 is 33.5. The molecule has 2 aromatic carbocycles. The van der Waals surface area contributed by atoms with Gasteiger partial charge in [0.25, 0.3) is 0 Å². The van der Waals surface area contributed by atoms with E-state index in [2.05, 4.69) is 32.0 Å². The third-order valence-corrected chi connectivity index (χ3v) is 6.26. The number of hydrogen-bond acceptors (Lipinski definition) is 10. The Morgan fingerprint density at radius 2 is 1.92 bits per heavy atom. The fourth-order valence-electron chi connectivity index (χ4n) is 4.11. The molecule has 194 valence electrons. The number of aromatic nitrogens is 2. The molecule has 1 N–H and O–H groups in total. The molecule has 0 aliphatic carbocycles. The fraction of sp³-hybridized carbons (Fsp3) is 0.385. The number of nitrogens with one attached hydrogen (secondary N) is 1. The van der Waals surface area contributed by atoms with Gasteiger partial charge in [0.15, 0.2) is 23.0 Å². The van der Waals surface area contributed by atoms with E-state index < -0.39 is 0 Å². The van der Waals surface area contributed by atoms with Gasteiger partial charge in [-0.25, -0.2) is 9.97 Å². The zero-order chi connectivity index (χ0) is 25.6. The van der Waals surface area contributed by atoms with Crippen molar-refractivity contribution in [1.29, 1.82) is 0 Å². The lowest BCUT2D eigenvalue weighted by Crippen LogP contribution is -2.38. The number of methoxy groups -OCH3 is 2. The maximum Gasteiger partial charge on any atom is 0.231 e. The Bertz CT molecular complexity index is 1340. The van der Waals surface area contributed by atoms with Gasteiger partial charge in [0.05, 0.1) is 36.4 Å². The van der Waals surface area contributed by atoms with Gasteiger partial charge in [0, 0.05) is 38.2 Å². The van der Waals surface area contributed by atoms with Gasteiger partial charge in [-0.3, -0.25) is 4.90 Å². The maximum atomic E-state index is 6.64. The average Bonchev–Trinajstić information content (AvgIpc) is 3.41. The van der Waals surface area contributed by atoms with Crippen molar-refractivity contribution in [2.24, 2.45) is 0 Å². The molecule has 0 unspecified atom stereocenters. The minimum absolute atomic E-state index is 0.0623. The predicted molar refractivity (Wildman–Crippen MR) is 138 cm³/mol. The van der Waals surface area contributed by atoms with Crippen molar-refractivity contribution in [2.75, 3.05) is 72.4 Å². The van der Waals surface area contributed by atoms with Crippen molar-refractivity contribution in [1.82, 2.24) is 14.9 Å². The third-order valence-electron chi connectivity index (χ3n) is 5.97. The molecule has 1 aromatic heterocycles. The first-order chi connectivity index (χ1) is 18.2. The number of fused-ring (bicyclic) bond motifs is 2. The van der Waals surface area contributed by atoms with Crippen LogP contribution in [-0.2, 0) is 9.47 Å². The Kier molecular flexibility index (Phi) is 7.96. The van der Waals surface area contributed by atoms with Crippen LogP contribution in [0.2, 0.25) is 5.02 Å². The van der Waals surface area contributed by atoms with E-state index in [-0.39, 0.29) is 6.79 Å². The molecule has 10 nitrogen and oxygen atoms in total. The van der Waals surface area contributed by atoms with E-state index in [0.717, 1.165) is 38.2 Å². The summed E-state index contributed by atoms with van der Waals surface area (Å²) in [6, 6.07) is 5.42. The third kappa shape index (κ3) is 5.60. The Balaban J connectivity index is 1.41. The number of nitrogens with zero attached hydrogens (tertiary/aromatic N) is 3. The van der Waals surface area contributed by atoms with Crippen molar-refractivity contribution in [3.8, 4) is 34.8 Å². The van der Waals surface area contributed by atoms with E-state index in [1.54, 1.807) is 20.3 Å². The highest BCUT2D eigenvalue weighted by Crippen LogP contribution is 2.47. The first kappa shape index (κ1) is 25.2. The summed E-state index contributed by atoms with van der Waals surface area (Å²) in [5, 5.41) is 4.43. The summed E-state index contributed by atoms with van der Waals surface area (Å²) in [7, 11) is 3.19. The summed E-state index contributed by atoms with van der Waals surface area (Å²) in [5.74, 6) is 8.62. The van der Waals surface area contributed by atoms with Crippen LogP contribution in [0.5, 0.6) is 23.0 Å². The molecule has 0 atom stereocenters. The highest BCUT2D eigenvalue weighted by Gasteiger charge is 2.25. The van der Waals surface area contributed by atoms with Crippen LogP contribution in [0.1, 0.15) is 5.56 Å². The Morgan fingerprint density at radius 3 is 2.73 bits per heavy atom. The van der Waals surface area contributed by atoms with Crippen LogP contribution in [0.25, 0.3) is 10.9 Å². The van der Waals surface area contributed by atoms with Crippen molar-refractivity contribution < 1.29 is 28.4 Å². The molecule has 0 bridgehead atoms. The second-order valence-corrected chi connectivity index (χ2v) is 8.66. The molecule has 0 saturated carbocycles. The molecule has 37 heavy (non-hydrogen) atoms. The van der Waals surface area contributed by atoms with Gasteiger partial charge in [-0.05, 0) is 12.1 Å². The van der Waals surface area contributed by atoms with Crippen LogP contribution in [-0.4, -0.2) is 81.9 Å². The average molecular weight is 527 g/mol. The van der Waals surface area contributed by atoms with E-state index in [1.165, 1.54) is 6.33 Å². The predicted octanol–water partition coefficient (Wildman–Crippen LogP) is 3.47. The highest BCUT2D eigenvalue weighted by molar-refractivity contribution is 6.34. The van der Waals surface area contributed by atoms with Crippen LogP contribution in [0, 0.1) is 11.8 Å². The molecule has 11 heteroatoms. The van der Waals surface area contributed by atoms with Crippen LogP contribution in [0.4, 0.5) is 11.5 Å². The first-order valence-corrected chi connectivity index (χ1v) is 12.2. The van der Waals surface area contributed by atoms with Crippen LogP contribution in [0.15, 0.2) is 24.5 Å². The van der Waals surface area contributed by atoms with Gasteiger partial charge < -0.3 is 33.7 Å². The number of morpholine rings is 1. The fourth-order valence-corrected chi connectivity index (χ4v) is 4.36. The molecule has 0 amide bonds. The lowest BCUT2D eigenvalue weighted by Gasteiger charge is -2.26. The van der Waals surface area contributed by atoms with Gasteiger partial charge in [0.2, 0.25) is 6.79 Å². The molecule has 2 aliphatic heterocycles. The lowest BCUT2D eigenvalue weighted by molar-refractivity contribution is 0.0321. The van der Waals surface area contributed by atoms with Crippen molar-refractivity contribution in [3.05, 3.63) is 35.1 Å². The zero-order valence-electron chi connectivity index (χ0n) is 20.6. The smallest absolute Gasteiger partial charge is 0.231 e. The first-order valence-electron chi connectivity index (χ1n) is 11.8. The molecular formula is C26H27ClN4O6. The second kappa shape index (κ2) is 11.7. The molecule has 1 fully saturated rings. The number of rotatable bonds is 8. The van der Waals surface area contributed by atoms with E-state index in [1.807, 2.05) is 12.1 Å². The topological polar surface area (TPSA) is 96.4 Å². The monoisotopic (exact) mass is 526 g/mol. The summed E-state index contributed by atoms with van der Waals surface area (Å²) >= 11 is 6.64. The van der Waals surface area contributed by atoms with Crippen molar-refractivity contribution in [2.45, 2.75) is 0 Å². The molecule has 0 spiro atoms. The number of hydrogen-bond donors (Lipinski definition) is 1. The van der Waals surface area contributed by atoms with Crippen molar-refractivity contribution >= 4 is 34.0 Å².